The topological polar surface area (TPSA) is 36.3 Å². The zero-order chi connectivity index (χ0) is 10.8. The van der Waals surface area contributed by atoms with Crippen molar-refractivity contribution in [2.45, 2.75) is 0 Å². The molecular formula is C11H16N2O. The first-order valence-electron chi connectivity index (χ1n) is 4.41. The van der Waals surface area contributed by atoms with Gasteiger partial charge >= 0.3 is 0 Å². The lowest BCUT2D eigenvalue weighted by molar-refractivity contribution is 0.0560. The Balaban J connectivity index is 0.000000364. The number of rotatable bonds is 2. The number of nitrogens with zero attached hydrogens (tertiary/aromatic N) is 2. The quantitative estimate of drug-likeness (QED) is 0.493. The van der Waals surface area contributed by atoms with E-state index in [1.807, 2.05) is 11.0 Å². The molecule has 1 rings (SSSR count). The summed E-state index contributed by atoms with van der Waals surface area (Å²) in [6.07, 6.45) is 3.28. The summed E-state index contributed by atoms with van der Waals surface area (Å²) in [7, 11) is 0. The highest BCUT2D eigenvalue weighted by molar-refractivity contribution is 5.14. The minimum atomic E-state index is 0.545. The van der Waals surface area contributed by atoms with Crippen molar-refractivity contribution in [1.82, 2.24) is 4.90 Å². The van der Waals surface area contributed by atoms with Crippen LogP contribution in [0.4, 0.5) is 0 Å². The fraction of sp³-hybridized carbons (Fsp3) is 0.364. The molecule has 1 heterocycles. The van der Waals surface area contributed by atoms with Gasteiger partial charge in [0.1, 0.15) is 11.8 Å². The van der Waals surface area contributed by atoms with E-state index in [2.05, 4.69) is 19.7 Å². The average molecular weight is 192 g/mol. The summed E-state index contributed by atoms with van der Waals surface area (Å²) in [5, 5.41) is 8.46. The molecule has 1 saturated heterocycles. The zero-order valence-corrected chi connectivity index (χ0v) is 8.41. The molecular weight excluding hydrogens is 176 g/mol. The van der Waals surface area contributed by atoms with Crippen molar-refractivity contribution in [3.63, 3.8) is 0 Å². The predicted molar refractivity (Wildman–Crippen MR) is 57.5 cm³/mol. The highest BCUT2D eigenvalue weighted by Gasteiger charge is 2.10. The minimum Gasteiger partial charge on any atom is -0.378 e. The van der Waals surface area contributed by atoms with Crippen LogP contribution in [-0.2, 0) is 4.74 Å². The first-order chi connectivity index (χ1) is 6.76. The molecule has 0 saturated carbocycles. The van der Waals surface area contributed by atoms with Crippen molar-refractivity contribution < 1.29 is 4.74 Å². The smallest absolute Gasteiger partial charge is 0.116 e. The van der Waals surface area contributed by atoms with Gasteiger partial charge in [-0.3, -0.25) is 0 Å². The maximum absolute atomic E-state index is 8.46. The Labute approximate surface area is 85.6 Å². The maximum Gasteiger partial charge on any atom is 0.116 e. The maximum atomic E-state index is 8.46. The Morgan fingerprint density at radius 2 is 1.79 bits per heavy atom. The van der Waals surface area contributed by atoms with Gasteiger partial charge in [-0.25, -0.2) is 0 Å². The van der Waals surface area contributed by atoms with Gasteiger partial charge in [0.15, 0.2) is 0 Å². The normalized spacial score (nSPS) is 14.4. The summed E-state index contributed by atoms with van der Waals surface area (Å²) in [4.78, 5) is 1.93. The SMILES string of the molecule is C=C(C#N)N1CCOCC1.C=CC=C. The lowest BCUT2D eigenvalue weighted by Gasteiger charge is -2.26. The molecule has 0 atom stereocenters. The molecule has 1 aliphatic heterocycles. The van der Waals surface area contributed by atoms with Crippen molar-refractivity contribution in [3.05, 3.63) is 37.6 Å². The zero-order valence-electron chi connectivity index (χ0n) is 8.41. The molecule has 0 aliphatic carbocycles. The number of hydrogen-bond acceptors (Lipinski definition) is 3. The monoisotopic (exact) mass is 192 g/mol. The molecule has 1 aliphatic rings. The Kier molecular flexibility index (Phi) is 7.20. The standard InChI is InChI=1S/C7H10N2O.C4H6/c1-7(6-8)9-2-4-10-5-3-9;1-3-4-2/h1-5H2;3-4H,1-2H2. The molecule has 14 heavy (non-hydrogen) atoms. The van der Waals surface area contributed by atoms with Gasteiger partial charge in [0.2, 0.25) is 0 Å². The van der Waals surface area contributed by atoms with Gasteiger partial charge in [0, 0.05) is 13.1 Å². The molecule has 0 aromatic heterocycles. The van der Waals surface area contributed by atoms with E-state index in [0.717, 1.165) is 13.1 Å². The summed E-state index contributed by atoms with van der Waals surface area (Å²) < 4.78 is 5.10. The molecule has 0 N–H and O–H groups in total. The molecule has 0 spiro atoms. The van der Waals surface area contributed by atoms with Gasteiger partial charge in [0.25, 0.3) is 0 Å². The van der Waals surface area contributed by atoms with Gasteiger partial charge in [0.05, 0.1) is 13.2 Å². The van der Waals surface area contributed by atoms with Crippen LogP contribution in [0.3, 0.4) is 0 Å². The van der Waals surface area contributed by atoms with Crippen LogP contribution in [0, 0.1) is 11.3 Å². The minimum absolute atomic E-state index is 0.545. The second-order valence-corrected chi connectivity index (χ2v) is 2.63. The third-order valence-electron chi connectivity index (χ3n) is 1.69. The molecule has 0 bridgehead atoms. The average Bonchev–Trinajstić information content (AvgIpc) is 2.29. The van der Waals surface area contributed by atoms with Crippen LogP contribution in [0.2, 0.25) is 0 Å². The van der Waals surface area contributed by atoms with Gasteiger partial charge in [-0.1, -0.05) is 31.9 Å². The van der Waals surface area contributed by atoms with Crippen LogP contribution in [0.25, 0.3) is 0 Å². The largest absolute Gasteiger partial charge is 0.378 e. The van der Waals surface area contributed by atoms with E-state index in [1.165, 1.54) is 0 Å². The number of ether oxygens (including phenoxy) is 1. The highest BCUT2D eigenvalue weighted by atomic mass is 16.5. The molecule has 0 unspecified atom stereocenters. The van der Waals surface area contributed by atoms with Gasteiger partial charge in [-0.2, -0.15) is 5.26 Å². The van der Waals surface area contributed by atoms with Crippen LogP contribution in [0.1, 0.15) is 0 Å². The van der Waals surface area contributed by atoms with E-state index >= 15 is 0 Å². The molecule has 3 heteroatoms. The summed E-state index contributed by atoms with van der Waals surface area (Å²) in [6, 6.07) is 2.01. The van der Waals surface area contributed by atoms with E-state index in [-0.39, 0.29) is 0 Å². The Morgan fingerprint density at radius 1 is 1.29 bits per heavy atom. The highest BCUT2D eigenvalue weighted by Crippen LogP contribution is 2.03. The van der Waals surface area contributed by atoms with E-state index in [9.17, 15) is 0 Å². The van der Waals surface area contributed by atoms with Crippen molar-refractivity contribution in [2.24, 2.45) is 0 Å². The Hall–Kier alpha value is -1.53. The van der Waals surface area contributed by atoms with E-state index in [0.29, 0.717) is 18.9 Å². The Bertz CT molecular complexity index is 228. The predicted octanol–water partition coefficient (Wildman–Crippen LogP) is 1.71. The summed E-state index contributed by atoms with van der Waals surface area (Å²) in [5.74, 6) is 0. The fourth-order valence-corrected chi connectivity index (χ4v) is 0.904. The van der Waals surface area contributed by atoms with Crippen LogP contribution >= 0.6 is 0 Å². The van der Waals surface area contributed by atoms with Gasteiger partial charge in [-0.05, 0) is 0 Å². The molecule has 76 valence electrons. The summed E-state index contributed by atoms with van der Waals surface area (Å²) in [6.45, 7) is 13.3. The van der Waals surface area contributed by atoms with Crippen molar-refractivity contribution in [2.75, 3.05) is 26.3 Å². The third-order valence-corrected chi connectivity index (χ3v) is 1.69. The molecule has 0 amide bonds. The first kappa shape index (κ1) is 12.5. The summed E-state index contributed by atoms with van der Waals surface area (Å²) >= 11 is 0. The van der Waals surface area contributed by atoms with Crippen molar-refractivity contribution >= 4 is 0 Å². The molecule has 1 fully saturated rings. The van der Waals surface area contributed by atoms with Crippen molar-refractivity contribution in [3.8, 4) is 6.07 Å². The van der Waals surface area contributed by atoms with Crippen LogP contribution in [0.15, 0.2) is 37.6 Å². The second-order valence-electron chi connectivity index (χ2n) is 2.63. The lowest BCUT2D eigenvalue weighted by atomic mass is 10.4. The van der Waals surface area contributed by atoms with Crippen LogP contribution < -0.4 is 0 Å². The van der Waals surface area contributed by atoms with Crippen molar-refractivity contribution in [1.29, 1.82) is 5.26 Å². The number of hydrogen-bond donors (Lipinski definition) is 0. The number of nitriles is 1. The summed E-state index contributed by atoms with van der Waals surface area (Å²) in [5.41, 5.74) is 0.545. The van der Waals surface area contributed by atoms with Crippen LogP contribution in [-0.4, -0.2) is 31.2 Å². The lowest BCUT2D eigenvalue weighted by Crippen LogP contribution is -2.34. The van der Waals surface area contributed by atoms with E-state index < -0.39 is 0 Å². The molecule has 0 aromatic carbocycles. The molecule has 3 nitrogen and oxygen atoms in total. The number of allylic oxidation sites excluding steroid dienone is 3. The first-order valence-corrected chi connectivity index (χ1v) is 4.41. The van der Waals surface area contributed by atoms with E-state index in [1.54, 1.807) is 12.2 Å². The van der Waals surface area contributed by atoms with Gasteiger partial charge in [-0.15, -0.1) is 0 Å². The number of morpholine rings is 1. The van der Waals surface area contributed by atoms with E-state index in [4.69, 9.17) is 10.00 Å². The van der Waals surface area contributed by atoms with Gasteiger partial charge < -0.3 is 9.64 Å². The third kappa shape index (κ3) is 5.18. The Morgan fingerprint density at radius 3 is 2.14 bits per heavy atom. The fourth-order valence-electron chi connectivity index (χ4n) is 0.904. The second kappa shape index (κ2) is 8.09. The van der Waals surface area contributed by atoms with Crippen LogP contribution in [0.5, 0.6) is 0 Å². The molecule has 0 aromatic rings. The molecule has 0 radical (unpaired) electrons.